The molecule has 0 aliphatic heterocycles. The molecule has 0 aliphatic rings. The van der Waals surface area contributed by atoms with Crippen molar-refractivity contribution in [2.45, 2.75) is 39.8 Å². The Bertz CT molecular complexity index is 534. The van der Waals surface area contributed by atoms with Gasteiger partial charge in [0.2, 0.25) is 0 Å². The number of hydrogen-bond donors (Lipinski definition) is 1. The van der Waals surface area contributed by atoms with Gasteiger partial charge in [0.25, 0.3) is 0 Å². The van der Waals surface area contributed by atoms with Crippen molar-refractivity contribution in [2.75, 3.05) is 0 Å². The Kier molecular flexibility index (Phi) is 3.77. The van der Waals surface area contributed by atoms with E-state index in [1.807, 2.05) is 37.6 Å². The van der Waals surface area contributed by atoms with Gasteiger partial charge in [0.05, 0.1) is 6.10 Å². The molecule has 1 unspecified atom stereocenters. The van der Waals surface area contributed by atoms with Gasteiger partial charge in [-0.2, -0.15) is 5.10 Å². The summed E-state index contributed by atoms with van der Waals surface area (Å²) in [7, 11) is 0. The largest absolute Gasteiger partial charge is 0.388 e. The van der Waals surface area contributed by atoms with Gasteiger partial charge in [0, 0.05) is 13.0 Å². The summed E-state index contributed by atoms with van der Waals surface area (Å²) in [5, 5.41) is 14.5. The number of aryl methyl sites for hydroxylation is 3. The van der Waals surface area contributed by atoms with Crippen molar-refractivity contribution in [1.82, 2.24) is 14.8 Å². The Balaban J connectivity index is 2.21. The van der Waals surface area contributed by atoms with Crippen molar-refractivity contribution in [3.05, 3.63) is 47.0 Å². The zero-order valence-electron chi connectivity index (χ0n) is 11.1. The van der Waals surface area contributed by atoms with Crippen LogP contribution in [0.25, 0.3) is 0 Å². The molecule has 1 N–H and O–H groups in total. The van der Waals surface area contributed by atoms with Gasteiger partial charge in [-0.1, -0.05) is 23.8 Å². The molecular formula is C14H19N3O. The molecule has 1 atom stereocenters. The van der Waals surface area contributed by atoms with E-state index in [1.54, 1.807) is 0 Å². The van der Waals surface area contributed by atoms with Crippen molar-refractivity contribution in [3.8, 4) is 0 Å². The van der Waals surface area contributed by atoms with Gasteiger partial charge in [-0.15, -0.1) is 0 Å². The lowest BCUT2D eigenvalue weighted by Crippen LogP contribution is -2.10. The third-order valence-electron chi connectivity index (χ3n) is 3.16. The molecule has 2 aromatic rings. The number of aliphatic hydroxyl groups excluding tert-OH is 1. The summed E-state index contributed by atoms with van der Waals surface area (Å²) in [6.07, 6.45) is 1.51. The summed E-state index contributed by atoms with van der Waals surface area (Å²) in [5.74, 6) is 0.825. The maximum atomic E-state index is 10.3. The first-order chi connectivity index (χ1) is 8.61. The first-order valence-corrected chi connectivity index (χ1v) is 6.23. The summed E-state index contributed by atoms with van der Waals surface area (Å²) < 4.78 is 1.81. The zero-order chi connectivity index (χ0) is 13.1. The molecule has 0 aliphatic carbocycles. The number of rotatable bonds is 4. The van der Waals surface area contributed by atoms with Crippen molar-refractivity contribution >= 4 is 0 Å². The van der Waals surface area contributed by atoms with Gasteiger partial charge in [-0.25, -0.2) is 4.98 Å². The fraction of sp³-hybridized carbons (Fsp3) is 0.429. The van der Waals surface area contributed by atoms with Crippen LogP contribution in [0.2, 0.25) is 0 Å². The van der Waals surface area contributed by atoms with Crippen LogP contribution in [0, 0.1) is 13.8 Å². The van der Waals surface area contributed by atoms with Gasteiger partial charge in [-0.05, 0) is 31.9 Å². The topological polar surface area (TPSA) is 50.9 Å². The van der Waals surface area contributed by atoms with E-state index in [1.165, 1.54) is 6.33 Å². The molecule has 1 heterocycles. The molecule has 0 spiro atoms. The Hall–Kier alpha value is -1.68. The van der Waals surface area contributed by atoms with E-state index in [0.717, 1.165) is 29.1 Å². The van der Waals surface area contributed by atoms with Crippen LogP contribution in [-0.2, 0) is 13.0 Å². The van der Waals surface area contributed by atoms with Crippen LogP contribution in [0.4, 0.5) is 0 Å². The van der Waals surface area contributed by atoms with Crippen LogP contribution in [0.3, 0.4) is 0 Å². The molecule has 4 nitrogen and oxygen atoms in total. The van der Waals surface area contributed by atoms with Crippen molar-refractivity contribution in [2.24, 2.45) is 0 Å². The number of hydrogen-bond acceptors (Lipinski definition) is 3. The van der Waals surface area contributed by atoms with E-state index >= 15 is 0 Å². The lowest BCUT2D eigenvalue weighted by molar-refractivity contribution is 0.173. The molecule has 18 heavy (non-hydrogen) atoms. The van der Waals surface area contributed by atoms with E-state index in [-0.39, 0.29) is 0 Å². The second-order valence-electron chi connectivity index (χ2n) is 4.57. The summed E-state index contributed by atoms with van der Waals surface area (Å²) in [6.45, 7) is 6.84. The van der Waals surface area contributed by atoms with Crippen LogP contribution in [-0.4, -0.2) is 19.9 Å². The first-order valence-electron chi connectivity index (χ1n) is 6.23. The smallest absolute Gasteiger partial charge is 0.138 e. The third kappa shape index (κ3) is 2.59. The van der Waals surface area contributed by atoms with Crippen LogP contribution in [0.1, 0.15) is 35.5 Å². The lowest BCUT2D eigenvalue weighted by Gasteiger charge is -2.14. The van der Waals surface area contributed by atoms with E-state index < -0.39 is 6.10 Å². The molecule has 1 aromatic carbocycles. The summed E-state index contributed by atoms with van der Waals surface area (Å²) >= 11 is 0. The van der Waals surface area contributed by atoms with Crippen LogP contribution in [0.15, 0.2) is 24.5 Å². The maximum Gasteiger partial charge on any atom is 0.138 e. The minimum absolute atomic E-state index is 0.498. The Morgan fingerprint density at radius 2 is 2.11 bits per heavy atom. The van der Waals surface area contributed by atoms with Crippen LogP contribution in [0.5, 0.6) is 0 Å². The molecule has 4 heteroatoms. The predicted octanol–water partition coefficient (Wildman–Crippen LogP) is 2.19. The second kappa shape index (κ2) is 5.31. The predicted molar refractivity (Wildman–Crippen MR) is 70.3 cm³/mol. The molecule has 0 saturated carbocycles. The highest BCUT2D eigenvalue weighted by molar-refractivity contribution is 5.32. The SMILES string of the molecule is CCn1ncnc1CC(O)c1cc(C)ccc1C. The second-order valence-corrected chi connectivity index (χ2v) is 4.57. The normalized spacial score (nSPS) is 12.7. The van der Waals surface area contributed by atoms with Gasteiger partial charge >= 0.3 is 0 Å². The number of nitrogens with zero attached hydrogens (tertiary/aromatic N) is 3. The van der Waals surface area contributed by atoms with Crippen molar-refractivity contribution < 1.29 is 5.11 Å². The number of aliphatic hydroxyl groups is 1. The summed E-state index contributed by atoms with van der Waals surface area (Å²) in [5.41, 5.74) is 3.24. The standard InChI is InChI=1S/C14H19N3O/c1-4-17-14(15-9-16-17)8-13(18)12-7-10(2)5-6-11(12)3/h5-7,9,13,18H,4,8H2,1-3H3. The highest BCUT2D eigenvalue weighted by Crippen LogP contribution is 2.22. The summed E-state index contributed by atoms with van der Waals surface area (Å²) in [6, 6.07) is 6.13. The molecule has 0 radical (unpaired) electrons. The van der Waals surface area contributed by atoms with Crippen LogP contribution >= 0.6 is 0 Å². The van der Waals surface area contributed by atoms with Gasteiger partial charge in [0.1, 0.15) is 12.2 Å². The average Bonchev–Trinajstić information content (AvgIpc) is 2.79. The molecule has 1 aromatic heterocycles. The van der Waals surface area contributed by atoms with Crippen molar-refractivity contribution in [1.29, 1.82) is 0 Å². The number of aromatic nitrogens is 3. The highest BCUT2D eigenvalue weighted by atomic mass is 16.3. The Labute approximate surface area is 107 Å². The molecule has 0 amide bonds. The molecule has 2 rings (SSSR count). The monoisotopic (exact) mass is 245 g/mol. The minimum Gasteiger partial charge on any atom is -0.388 e. The highest BCUT2D eigenvalue weighted by Gasteiger charge is 2.14. The fourth-order valence-corrected chi connectivity index (χ4v) is 2.11. The number of benzene rings is 1. The minimum atomic E-state index is -0.528. The average molecular weight is 245 g/mol. The van der Waals surface area contributed by atoms with E-state index in [4.69, 9.17) is 0 Å². The van der Waals surface area contributed by atoms with Gasteiger partial charge in [-0.3, -0.25) is 4.68 Å². The molecular weight excluding hydrogens is 226 g/mol. The zero-order valence-corrected chi connectivity index (χ0v) is 11.1. The third-order valence-corrected chi connectivity index (χ3v) is 3.16. The van der Waals surface area contributed by atoms with Gasteiger partial charge in [0.15, 0.2) is 0 Å². The molecule has 0 saturated heterocycles. The van der Waals surface area contributed by atoms with Crippen molar-refractivity contribution in [3.63, 3.8) is 0 Å². The molecule has 0 fully saturated rings. The molecule has 0 bridgehead atoms. The van der Waals surface area contributed by atoms with Crippen LogP contribution < -0.4 is 0 Å². The van der Waals surface area contributed by atoms with E-state index in [9.17, 15) is 5.11 Å². The quantitative estimate of drug-likeness (QED) is 0.898. The van der Waals surface area contributed by atoms with E-state index in [0.29, 0.717) is 6.42 Å². The lowest BCUT2D eigenvalue weighted by atomic mass is 9.99. The Morgan fingerprint density at radius 3 is 2.83 bits per heavy atom. The van der Waals surface area contributed by atoms with E-state index in [2.05, 4.69) is 16.1 Å². The van der Waals surface area contributed by atoms with Gasteiger partial charge < -0.3 is 5.11 Å². The summed E-state index contributed by atoms with van der Waals surface area (Å²) in [4.78, 5) is 4.20. The maximum absolute atomic E-state index is 10.3. The Morgan fingerprint density at radius 1 is 1.33 bits per heavy atom. The fourth-order valence-electron chi connectivity index (χ4n) is 2.11. The first kappa shape index (κ1) is 12.8. The molecule has 96 valence electrons.